The fraction of sp³-hybridized carbons (Fsp3) is 0.214. The van der Waals surface area contributed by atoms with Crippen molar-refractivity contribution in [2.24, 2.45) is 5.73 Å². The van der Waals surface area contributed by atoms with Crippen molar-refractivity contribution in [2.45, 2.75) is 19.9 Å². The number of aromatic nitrogens is 1. The largest absolute Gasteiger partial charge is 0.439 e. The molecule has 18 heavy (non-hydrogen) atoms. The number of aryl methyl sites for hydroxylation is 1. The molecule has 4 heteroatoms. The zero-order valence-corrected chi connectivity index (χ0v) is 10.4. The highest BCUT2D eigenvalue weighted by Crippen LogP contribution is 2.25. The van der Waals surface area contributed by atoms with Gasteiger partial charge in [0.05, 0.1) is 0 Å². The standard InChI is InChI=1S/C14H15FN2O/c1-9-3-4-12(15)8-13(9)18-14-7-11(10(2)16)5-6-17-14/h3-8,10H,16H2,1-2H3. The number of hydrogen-bond donors (Lipinski definition) is 1. The first-order valence-electron chi connectivity index (χ1n) is 5.72. The van der Waals surface area contributed by atoms with Gasteiger partial charge in [-0.3, -0.25) is 0 Å². The zero-order chi connectivity index (χ0) is 13.1. The number of nitrogens with two attached hydrogens (primary N) is 1. The van der Waals surface area contributed by atoms with Crippen LogP contribution in [-0.4, -0.2) is 4.98 Å². The first-order chi connectivity index (χ1) is 8.56. The van der Waals surface area contributed by atoms with Crippen molar-refractivity contribution >= 4 is 0 Å². The monoisotopic (exact) mass is 246 g/mol. The van der Waals surface area contributed by atoms with E-state index in [4.69, 9.17) is 10.5 Å². The van der Waals surface area contributed by atoms with Gasteiger partial charge in [0.15, 0.2) is 0 Å². The van der Waals surface area contributed by atoms with Gasteiger partial charge in [0.25, 0.3) is 0 Å². The van der Waals surface area contributed by atoms with Crippen molar-refractivity contribution < 1.29 is 9.13 Å². The van der Waals surface area contributed by atoms with Gasteiger partial charge in [-0.2, -0.15) is 0 Å². The molecule has 1 aromatic carbocycles. The fourth-order valence-electron chi connectivity index (χ4n) is 1.56. The maximum Gasteiger partial charge on any atom is 0.219 e. The van der Waals surface area contributed by atoms with E-state index in [-0.39, 0.29) is 11.9 Å². The van der Waals surface area contributed by atoms with Crippen LogP contribution in [0.2, 0.25) is 0 Å². The molecular weight excluding hydrogens is 231 g/mol. The summed E-state index contributed by atoms with van der Waals surface area (Å²) >= 11 is 0. The van der Waals surface area contributed by atoms with Crippen LogP contribution in [0.3, 0.4) is 0 Å². The number of halogens is 1. The summed E-state index contributed by atoms with van der Waals surface area (Å²) in [4.78, 5) is 4.09. The number of benzene rings is 1. The summed E-state index contributed by atoms with van der Waals surface area (Å²) in [6.45, 7) is 3.73. The molecule has 1 atom stereocenters. The highest BCUT2D eigenvalue weighted by Gasteiger charge is 2.06. The van der Waals surface area contributed by atoms with E-state index in [9.17, 15) is 4.39 Å². The van der Waals surface area contributed by atoms with Gasteiger partial charge in [-0.15, -0.1) is 0 Å². The number of ether oxygens (including phenoxy) is 1. The number of pyridine rings is 1. The Hall–Kier alpha value is -1.94. The van der Waals surface area contributed by atoms with Gasteiger partial charge in [-0.25, -0.2) is 9.37 Å². The van der Waals surface area contributed by atoms with Crippen molar-refractivity contribution in [1.82, 2.24) is 4.98 Å². The van der Waals surface area contributed by atoms with Crippen molar-refractivity contribution in [2.75, 3.05) is 0 Å². The van der Waals surface area contributed by atoms with Gasteiger partial charge in [-0.05, 0) is 37.1 Å². The first-order valence-corrected chi connectivity index (χ1v) is 5.72. The van der Waals surface area contributed by atoms with Crippen LogP contribution in [0.15, 0.2) is 36.5 Å². The number of hydrogen-bond acceptors (Lipinski definition) is 3. The second-order valence-electron chi connectivity index (χ2n) is 4.23. The molecule has 0 aliphatic carbocycles. The minimum Gasteiger partial charge on any atom is -0.439 e. The molecular formula is C14H15FN2O. The molecule has 0 fully saturated rings. The summed E-state index contributed by atoms with van der Waals surface area (Å²) in [7, 11) is 0. The summed E-state index contributed by atoms with van der Waals surface area (Å²) in [5, 5.41) is 0. The van der Waals surface area contributed by atoms with Crippen LogP contribution >= 0.6 is 0 Å². The van der Waals surface area contributed by atoms with Crippen molar-refractivity contribution in [1.29, 1.82) is 0 Å². The SMILES string of the molecule is Cc1ccc(F)cc1Oc1cc(C(C)N)ccn1. The molecule has 0 radical (unpaired) electrons. The number of nitrogens with zero attached hydrogens (tertiary/aromatic N) is 1. The fourth-order valence-corrected chi connectivity index (χ4v) is 1.56. The number of rotatable bonds is 3. The summed E-state index contributed by atoms with van der Waals surface area (Å²) in [5.74, 6) is 0.543. The molecule has 0 saturated heterocycles. The minimum atomic E-state index is -0.334. The molecule has 0 bridgehead atoms. The van der Waals surface area contributed by atoms with Gasteiger partial charge in [0, 0.05) is 24.4 Å². The van der Waals surface area contributed by atoms with Crippen molar-refractivity contribution in [3.8, 4) is 11.6 Å². The third-order valence-electron chi connectivity index (χ3n) is 2.65. The molecule has 0 spiro atoms. The Morgan fingerprint density at radius 3 is 2.78 bits per heavy atom. The van der Waals surface area contributed by atoms with E-state index in [2.05, 4.69) is 4.98 Å². The van der Waals surface area contributed by atoms with Crippen LogP contribution in [0.4, 0.5) is 4.39 Å². The van der Waals surface area contributed by atoms with Gasteiger partial charge >= 0.3 is 0 Å². The van der Waals surface area contributed by atoms with Gasteiger partial charge in [-0.1, -0.05) is 6.07 Å². The Bertz CT molecular complexity index is 555. The summed E-state index contributed by atoms with van der Waals surface area (Å²) in [6.07, 6.45) is 1.63. The van der Waals surface area contributed by atoms with E-state index in [1.165, 1.54) is 12.1 Å². The minimum absolute atomic E-state index is 0.0936. The molecule has 1 heterocycles. The highest BCUT2D eigenvalue weighted by atomic mass is 19.1. The quantitative estimate of drug-likeness (QED) is 0.903. The molecule has 0 amide bonds. The Morgan fingerprint density at radius 2 is 2.06 bits per heavy atom. The van der Waals surface area contributed by atoms with Crippen LogP contribution in [0.25, 0.3) is 0 Å². The predicted molar refractivity (Wildman–Crippen MR) is 68.1 cm³/mol. The third-order valence-corrected chi connectivity index (χ3v) is 2.65. The lowest BCUT2D eigenvalue weighted by molar-refractivity contribution is 0.453. The summed E-state index contributed by atoms with van der Waals surface area (Å²) in [5.41, 5.74) is 7.56. The average Bonchev–Trinajstić information content (AvgIpc) is 2.34. The smallest absolute Gasteiger partial charge is 0.219 e. The maximum absolute atomic E-state index is 13.1. The Balaban J connectivity index is 2.28. The second-order valence-corrected chi connectivity index (χ2v) is 4.23. The molecule has 2 N–H and O–H groups in total. The van der Waals surface area contributed by atoms with Crippen LogP contribution in [0.1, 0.15) is 24.1 Å². The second kappa shape index (κ2) is 5.14. The van der Waals surface area contributed by atoms with Crippen LogP contribution in [0, 0.1) is 12.7 Å². The molecule has 1 aromatic heterocycles. The van der Waals surface area contributed by atoms with Gasteiger partial charge < -0.3 is 10.5 Å². The predicted octanol–water partition coefficient (Wildman–Crippen LogP) is 3.34. The molecule has 0 aliphatic rings. The molecule has 2 aromatic rings. The van der Waals surface area contributed by atoms with Crippen LogP contribution in [-0.2, 0) is 0 Å². The molecule has 2 rings (SSSR count). The molecule has 0 saturated carbocycles. The maximum atomic E-state index is 13.1. The summed E-state index contributed by atoms with van der Waals surface area (Å²) < 4.78 is 18.7. The van der Waals surface area contributed by atoms with Crippen LogP contribution < -0.4 is 10.5 Å². The van der Waals surface area contributed by atoms with E-state index >= 15 is 0 Å². The van der Waals surface area contributed by atoms with E-state index in [1.54, 1.807) is 18.3 Å². The zero-order valence-electron chi connectivity index (χ0n) is 10.4. The van der Waals surface area contributed by atoms with E-state index in [1.807, 2.05) is 19.9 Å². The third kappa shape index (κ3) is 2.84. The topological polar surface area (TPSA) is 48.1 Å². The summed E-state index contributed by atoms with van der Waals surface area (Å²) in [6, 6.07) is 7.90. The van der Waals surface area contributed by atoms with E-state index in [0.717, 1.165) is 11.1 Å². The Kier molecular flexibility index (Phi) is 3.58. The van der Waals surface area contributed by atoms with Gasteiger partial charge in [0.1, 0.15) is 11.6 Å². The lowest BCUT2D eigenvalue weighted by Gasteiger charge is -2.10. The normalized spacial score (nSPS) is 12.2. The van der Waals surface area contributed by atoms with Crippen molar-refractivity contribution in [3.63, 3.8) is 0 Å². The lowest BCUT2D eigenvalue weighted by Crippen LogP contribution is -2.05. The van der Waals surface area contributed by atoms with Crippen LogP contribution in [0.5, 0.6) is 11.6 Å². The molecule has 3 nitrogen and oxygen atoms in total. The highest BCUT2D eigenvalue weighted by molar-refractivity contribution is 5.36. The average molecular weight is 246 g/mol. The Labute approximate surface area is 105 Å². The lowest BCUT2D eigenvalue weighted by atomic mass is 10.1. The molecule has 1 unspecified atom stereocenters. The van der Waals surface area contributed by atoms with Gasteiger partial charge in [0.2, 0.25) is 5.88 Å². The molecule has 0 aliphatic heterocycles. The van der Waals surface area contributed by atoms with Crippen molar-refractivity contribution in [3.05, 3.63) is 53.5 Å². The molecule has 94 valence electrons. The van der Waals surface area contributed by atoms with E-state index < -0.39 is 0 Å². The van der Waals surface area contributed by atoms with E-state index in [0.29, 0.717) is 11.6 Å². The Morgan fingerprint density at radius 1 is 1.28 bits per heavy atom. The first kappa shape index (κ1) is 12.5.